The van der Waals surface area contributed by atoms with E-state index in [1.54, 1.807) is 6.92 Å². The Balaban J connectivity index is 2.77. The first kappa shape index (κ1) is 10.6. The van der Waals surface area contributed by atoms with Crippen LogP contribution in [0.15, 0.2) is 12.4 Å². The molecule has 76 valence electrons. The van der Waals surface area contributed by atoms with Crippen molar-refractivity contribution in [3.05, 3.63) is 23.8 Å². The molecule has 0 saturated heterocycles. The minimum atomic E-state index is -0.929. The molecule has 0 radical (unpaired) electrons. The van der Waals surface area contributed by atoms with Crippen LogP contribution in [-0.4, -0.2) is 21.0 Å². The Morgan fingerprint density at radius 2 is 2.36 bits per heavy atom. The molecule has 1 aromatic rings. The summed E-state index contributed by atoms with van der Waals surface area (Å²) in [5.74, 6) is 3.26. The molecular weight excluding hydrogens is 186 g/mol. The van der Waals surface area contributed by atoms with Gasteiger partial charge in [0.25, 0.3) is 0 Å². The van der Waals surface area contributed by atoms with Crippen LogP contribution in [0.5, 0.6) is 0 Å². The highest BCUT2D eigenvalue weighted by molar-refractivity contribution is 5.74. The van der Waals surface area contributed by atoms with Crippen molar-refractivity contribution in [1.29, 1.82) is 0 Å². The van der Waals surface area contributed by atoms with Gasteiger partial charge in [0.15, 0.2) is 0 Å². The summed E-state index contributed by atoms with van der Waals surface area (Å²) in [7, 11) is 0. The molecule has 0 saturated carbocycles. The van der Waals surface area contributed by atoms with E-state index < -0.39 is 11.9 Å². The van der Waals surface area contributed by atoms with Gasteiger partial charge >= 0.3 is 5.97 Å². The number of nitrogens with two attached hydrogens (primary N) is 1. The van der Waals surface area contributed by atoms with Crippen LogP contribution >= 0.6 is 0 Å². The van der Waals surface area contributed by atoms with Gasteiger partial charge in [-0.25, -0.2) is 5.90 Å². The van der Waals surface area contributed by atoms with Gasteiger partial charge in [0.05, 0.1) is 23.5 Å². The number of aromatic nitrogens is 2. The molecule has 1 rings (SSSR count). The molecular formula is C8H11N3O3. The molecule has 3 N–H and O–H groups in total. The van der Waals surface area contributed by atoms with E-state index in [1.807, 2.05) is 0 Å². The highest BCUT2D eigenvalue weighted by Crippen LogP contribution is 2.10. The van der Waals surface area contributed by atoms with Crippen molar-refractivity contribution in [2.75, 3.05) is 0 Å². The van der Waals surface area contributed by atoms with Crippen molar-refractivity contribution >= 4 is 5.97 Å². The van der Waals surface area contributed by atoms with E-state index in [2.05, 4.69) is 14.8 Å². The average molecular weight is 197 g/mol. The van der Waals surface area contributed by atoms with Crippen molar-refractivity contribution in [3.8, 4) is 0 Å². The molecule has 14 heavy (non-hydrogen) atoms. The molecule has 6 nitrogen and oxygen atoms in total. The van der Waals surface area contributed by atoms with E-state index in [4.69, 9.17) is 11.0 Å². The summed E-state index contributed by atoms with van der Waals surface area (Å²) >= 11 is 0. The average Bonchev–Trinajstić information content (AvgIpc) is 2.18. The summed E-state index contributed by atoms with van der Waals surface area (Å²) in [6, 6.07) is 0. The Morgan fingerprint density at radius 1 is 1.64 bits per heavy atom. The third kappa shape index (κ3) is 2.48. The second-order valence-electron chi connectivity index (χ2n) is 2.80. The molecule has 1 aromatic heterocycles. The number of carbonyl (C=O) groups is 1. The summed E-state index contributed by atoms with van der Waals surface area (Å²) in [5.41, 5.74) is 0.979. The normalized spacial score (nSPS) is 12.4. The third-order valence-electron chi connectivity index (χ3n) is 1.77. The molecule has 0 spiro atoms. The van der Waals surface area contributed by atoms with Gasteiger partial charge in [-0.15, -0.1) is 0 Å². The Labute approximate surface area is 80.7 Å². The van der Waals surface area contributed by atoms with Gasteiger partial charge in [0.2, 0.25) is 0 Å². The number of hydrogen-bond donors (Lipinski definition) is 2. The number of aliphatic carboxylic acids is 1. The van der Waals surface area contributed by atoms with Gasteiger partial charge in [-0.1, -0.05) is 0 Å². The van der Waals surface area contributed by atoms with Crippen LogP contribution in [-0.2, 0) is 16.2 Å². The fourth-order valence-corrected chi connectivity index (χ4v) is 0.875. The first-order valence-electron chi connectivity index (χ1n) is 4.00. The monoisotopic (exact) mass is 197 g/mol. The van der Waals surface area contributed by atoms with Gasteiger partial charge in [-0.2, -0.15) is 0 Å². The van der Waals surface area contributed by atoms with Gasteiger partial charge in [0.1, 0.15) is 6.61 Å². The quantitative estimate of drug-likeness (QED) is 0.662. The van der Waals surface area contributed by atoms with Crippen molar-refractivity contribution in [2.24, 2.45) is 5.90 Å². The van der Waals surface area contributed by atoms with E-state index in [9.17, 15) is 4.79 Å². The number of nitrogens with zero attached hydrogens (tertiary/aromatic N) is 2. The molecule has 0 aromatic carbocycles. The maximum Gasteiger partial charge on any atom is 0.312 e. The highest BCUT2D eigenvalue weighted by atomic mass is 16.6. The first-order chi connectivity index (χ1) is 6.65. The zero-order chi connectivity index (χ0) is 10.6. The second-order valence-corrected chi connectivity index (χ2v) is 2.80. The highest BCUT2D eigenvalue weighted by Gasteiger charge is 2.15. The van der Waals surface area contributed by atoms with Crippen LogP contribution in [0.3, 0.4) is 0 Å². The lowest BCUT2D eigenvalue weighted by Gasteiger charge is -2.05. The zero-order valence-electron chi connectivity index (χ0n) is 7.67. The molecule has 1 unspecified atom stereocenters. The first-order valence-corrected chi connectivity index (χ1v) is 4.00. The van der Waals surface area contributed by atoms with Crippen LogP contribution in [0.2, 0.25) is 0 Å². The summed E-state index contributed by atoms with van der Waals surface area (Å²) in [6.07, 6.45) is 2.86. The largest absolute Gasteiger partial charge is 0.481 e. The van der Waals surface area contributed by atoms with Gasteiger partial charge in [-0.3, -0.25) is 19.6 Å². The maximum atomic E-state index is 10.6. The fourth-order valence-electron chi connectivity index (χ4n) is 0.875. The lowest BCUT2D eigenvalue weighted by atomic mass is 10.1. The Bertz CT molecular complexity index is 312. The van der Waals surface area contributed by atoms with Crippen molar-refractivity contribution in [1.82, 2.24) is 9.97 Å². The van der Waals surface area contributed by atoms with Crippen molar-refractivity contribution < 1.29 is 14.7 Å². The molecule has 1 atom stereocenters. The maximum absolute atomic E-state index is 10.6. The molecule has 0 aliphatic rings. The van der Waals surface area contributed by atoms with E-state index in [-0.39, 0.29) is 6.61 Å². The summed E-state index contributed by atoms with van der Waals surface area (Å²) in [6.45, 7) is 1.71. The molecule has 0 amide bonds. The standard InChI is InChI=1S/C8H11N3O3/c1-5(8(12)13)7-3-10-6(2-11-7)4-14-9/h2-3,5H,4,9H2,1H3,(H,12,13). The SMILES string of the molecule is CC(C(=O)O)c1cnc(CON)cn1. The molecule has 0 bridgehead atoms. The van der Waals surface area contributed by atoms with Crippen molar-refractivity contribution in [3.63, 3.8) is 0 Å². The Morgan fingerprint density at radius 3 is 2.79 bits per heavy atom. The molecule has 0 fully saturated rings. The van der Waals surface area contributed by atoms with E-state index >= 15 is 0 Å². The molecule has 1 heterocycles. The smallest absolute Gasteiger partial charge is 0.312 e. The second kappa shape index (κ2) is 4.64. The number of carboxylic acid groups (broad SMARTS) is 1. The van der Waals surface area contributed by atoms with Crippen molar-refractivity contribution in [2.45, 2.75) is 19.4 Å². The van der Waals surface area contributed by atoms with Crippen LogP contribution in [0.4, 0.5) is 0 Å². The van der Waals surface area contributed by atoms with E-state index in [0.29, 0.717) is 11.4 Å². The van der Waals surface area contributed by atoms with E-state index in [0.717, 1.165) is 0 Å². The molecule has 6 heteroatoms. The van der Waals surface area contributed by atoms with Gasteiger partial charge < -0.3 is 5.11 Å². The van der Waals surface area contributed by atoms with Gasteiger partial charge in [-0.05, 0) is 6.92 Å². The number of hydrogen-bond acceptors (Lipinski definition) is 5. The van der Waals surface area contributed by atoms with Crippen LogP contribution < -0.4 is 5.90 Å². The number of carboxylic acids is 1. The zero-order valence-corrected chi connectivity index (χ0v) is 7.67. The van der Waals surface area contributed by atoms with Gasteiger partial charge in [0, 0.05) is 6.20 Å². The third-order valence-corrected chi connectivity index (χ3v) is 1.77. The summed E-state index contributed by atoms with van der Waals surface area (Å²) in [5, 5.41) is 8.70. The molecule has 0 aliphatic heterocycles. The molecule has 0 aliphatic carbocycles. The minimum absolute atomic E-state index is 0.161. The Hall–Kier alpha value is -1.53. The van der Waals surface area contributed by atoms with Crippen LogP contribution in [0.25, 0.3) is 0 Å². The predicted octanol–water partition coefficient (Wildman–Crippen LogP) is 0.0550. The Kier molecular flexibility index (Phi) is 3.49. The lowest BCUT2D eigenvalue weighted by molar-refractivity contribution is -0.138. The minimum Gasteiger partial charge on any atom is -0.481 e. The lowest BCUT2D eigenvalue weighted by Crippen LogP contribution is -2.10. The summed E-state index contributed by atoms with van der Waals surface area (Å²) in [4.78, 5) is 22.8. The fraction of sp³-hybridized carbons (Fsp3) is 0.375. The van der Waals surface area contributed by atoms with E-state index in [1.165, 1.54) is 12.4 Å². The predicted molar refractivity (Wildman–Crippen MR) is 47.1 cm³/mol. The summed E-state index contributed by atoms with van der Waals surface area (Å²) < 4.78 is 0. The van der Waals surface area contributed by atoms with Crippen LogP contribution in [0.1, 0.15) is 24.2 Å². The topological polar surface area (TPSA) is 98.3 Å². The number of rotatable bonds is 4. The van der Waals surface area contributed by atoms with Crippen LogP contribution in [0, 0.1) is 0 Å².